The Morgan fingerprint density at radius 3 is 2.00 bits per heavy atom. The molecule has 19 heavy (non-hydrogen) atoms. The maximum atomic E-state index is 10.8. The zero-order valence-corrected chi connectivity index (χ0v) is 12.4. The molecule has 0 spiro atoms. The predicted octanol–water partition coefficient (Wildman–Crippen LogP) is 0.211. The molecule has 8 heteroatoms. The first-order chi connectivity index (χ1) is 8.80. The van der Waals surface area contributed by atoms with Crippen molar-refractivity contribution >= 4 is 10.1 Å². The highest BCUT2D eigenvalue weighted by molar-refractivity contribution is 7.86. The highest BCUT2D eigenvalue weighted by atomic mass is 32.2. The van der Waals surface area contributed by atoms with E-state index in [0.717, 1.165) is 6.26 Å². The minimum absolute atomic E-state index is 0.188. The molecule has 0 aliphatic rings. The zero-order chi connectivity index (χ0) is 14.9. The number of rotatable bonds is 11. The van der Waals surface area contributed by atoms with E-state index in [9.17, 15) is 18.6 Å². The molecule has 0 saturated heterocycles. The molecular formula is C11H24O7S. The minimum atomic E-state index is -3.79. The molecule has 0 rings (SSSR count). The van der Waals surface area contributed by atoms with Gasteiger partial charge in [-0.3, -0.25) is 0 Å². The van der Waals surface area contributed by atoms with E-state index in [1.54, 1.807) is 0 Å². The Balaban J connectivity index is 3.97. The Morgan fingerprint density at radius 2 is 1.58 bits per heavy atom. The second-order valence-electron chi connectivity index (χ2n) is 4.03. The van der Waals surface area contributed by atoms with E-state index in [-0.39, 0.29) is 12.7 Å². The van der Waals surface area contributed by atoms with Gasteiger partial charge < -0.3 is 19.7 Å². The summed E-state index contributed by atoms with van der Waals surface area (Å²) < 4.78 is 36.4. The Bertz CT molecular complexity index is 311. The summed E-state index contributed by atoms with van der Waals surface area (Å²) in [4.78, 5) is 0. The topological polar surface area (TPSA) is 102 Å². The molecular weight excluding hydrogens is 276 g/mol. The van der Waals surface area contributed by atoms with Crippen LogP contribution >= 0.6 is 0 Å². The predicted molar refractivity (Wildman–Crippen MR) is 68.8 cm³/mol. The van der Waals surface area contributed by atoms with E-state index in [1.165, 1.54) is 0 Å². The van der Waals surface area contributed by atoms with Crippen molar-refractivity contribution in [2.24, 2.45) is 0 Å². The van der Waals surface area contributed by atoms with Crippen molar-refractivity contribution in [2.45, 2.75) is 51.8 Å². The van der Waals surface area contributed by atoms with Crippen molar-refractivity contribution in [1.82, 2.24) is 0 Å². The SMILES string of the molecule is CCOC(CCCC(O)C(O)OS(C)(=O)=O)OCC. The van der Waals surface area contributed by atoms with Gasteiger partial charge >= 0.3 is 0 Å². The summed E-state index contributed by atoms with van der Waals surface area (Å²) >= 11 is 0. The Morgan fingerprint density at radius 1 is 1.05 bits per heavy atom. The highest BCUT2D eigenvalue weighted by Gasteiger charge is 2.21. The van der Waals surface area contributed by atoms with Crippen LogP contribution in [0.5, 0.6) is 0 Å². The summed E-state index contributed by atoms with van der Waals surface area (Å²) in [6, 6.07) is 0. The summed E-state index contributed by atoms with van der Waals surface area (Å²) in [5.74, 6) is 0. The van der Waals surface area contributed by atoms with Crippen LogP contribution in [0.4, 0.5) is 0 Å². The fraction of sp³-hybridized carbons (Fsp3) is 1.00. The largest absolute Gasteiger partial charge is 0.388 e. The zero-order valence-electron chi connectivity index (χ0n) is 11.6. The van der Waals surface area contributed by atoms with Gasteiger partial charge in [0, 0.05) is 13.2 Å². The first kappa shape index (κ1) is 18.8. The average molecular weight is 300 g/mol. The van der Waals surface area contributed by atoms with Gasteiger partial charge in [0.1, 0.15) is 6.10 Å². The normalized spacial score (nSPS) is 15.7. The molecule has 0 aromatic carbocycles. The van der Waals surface area contributed by atoms with E-state index in [0.29, 0.717) is 26.1 Å². The van der Waals surface area contributed by atoms with Crippen LogP contribution in [-0.4, -0.2) is 56.8 Å². The summed E-state index contributed by atoms with van der Waals surface area (Å²) in [5, 5.41) is 18.8. The molecule has 0 amide bonds. The van der Waals surface area contributed by atoms with Gasteiger partial charge in [-0.2, -0.15) is 8.42 Å². The third kappa shape index (κ3) is 10.2. The number of hydrogen-bond acceptors (Lipinski definition) is 7. The lowest BCUT2D eigenvalue weighted by atomic mass is 10.1. The second kappa shape index (κ2) is 9.62. The minimum Gasteiger partial charge on any atom is -0.388 e. The van der Waals surface area contributed by atoms with Crippen LogP contribution in [0.15, 0.2) is 0 Å². The molecule has 7 nitrogen and oxygen atoms in total. The molecule has 2 unspecified atom stereocenters. The van der Waals surface area contributed by atoms with Crippen molar-refractivity contribution in [1.29, 1.82) is 0 Å². The van der Waals surface area contributed by atoms with Crippen LogP contribution in [0.3, 0.4) is 0 Å². The monoisotopic (exact) mass is 300 g/mol. The van der Waals surface area contributed by atoms with E-state index in [4.69, 9.17) is 9.47 Å². The lowest BCUT2D eigenvalue weighted by Gasteiger charge is -2.19. The van der Waals surface area contributed by atoms with Crippen molar-refractivity contribution in [3.8, 4) is 0 Å². The first-order valence-corrected chi connectivity index (χ1v) is 8.09. The fourth-order valence-electron chi connectivity index (χ4n) is 1.47. The van der Waals surface area contributed by atoms with E-state index >= 15 is 0 Å². The first-order valence-electron chi connectivity index (χ1n) is 6.27. The van der Waals surface area contributed by atoms with Crippen LogP contribution < -0.4 is 0 Å². The summed E-state index contributed by atoms with van der Waals surface area (Å²) in [6.45, 7) is 4.75. The standard InChI is InChI=1S/C11H24O7S/c1-4-16-10(17-5-2)8-6-7-9(12)11(13)18-19(3,14)15/h9-13H,4-8H2,1-3H3. The van der Waals surface area contributed by atoms with Gasteiger partial charge in [-0.05, 0) is 33.1 Å². The third-order valence-corrected chi connectivity index (χ3v) is 2.79. The molecule has 0 bridgehead atoms. The maximum Gasteiger partial charge on any atom is 0.266 e. The summed E-state index contributed by atoms with van der Waals surface area (Å²) in [7, 11) is -3.79. The number of aliphatic hydroxyl groups excluding tert-OH is 2. The van der Waals surface area contributed by atoms with Gasteiger partial charge in [-0.25, -0.2) is 4.18 Å². The van der Waals surface area contributed by atoms with Crippen LogP contribution in [0.25, 0.3) is 0 Å². The Kier molecular flexibility index (Phi) is 9.50. The third-order valence-electron chi connectivity index (χ3n) is 2.25. The Labute approximate surface area is 114 Å². The molecule has 0 heterocycles. The molecule has 116 valence electrons. The van der Waals surface area contributed by atoms with Crippen LogP contribution in [0.1, 0.15) is 33.1 Å². The van der Waals surface area contributed by atoms with Crippen molar-refractivity contribution in [3.05, 3.63) is 0 Å². The smallest absolute Gasteiger partial charge is 0.266 e. The van der Waals surface area contributed by atoms with Gasteiger partial charge in [0.15, 0.2) is 12.6 Å². The average Bonchev–Trinajstić information content (AvgIpc) is 2.27. The highest BCUT2D eigenvalue weighted by Crippen LogP contribution is 2.12. The van der Waals surface area contributed by atoms with Gasteiger partial charge in [0.25, 0.3) is 10.1 Å². The van der Waals surface area contributed by atoms with Crippen molar-refractivity contribution in [3.63, 3.8) is 0 Å². The lowest BCUT2D eigenvalue weighted by molar-refractivity contribution is -0.143. The lowest BCUT2D eigenvalue weighted by Crippen LogP contribution is -2.31. The molecule has 0 aliphatic heterocycles. The van der Waals surface area contributed by atoms with Gasteiger partial charge in [0.05, 0.1) is 6.26 Å². The van der Waals surface area contributed by atoms with Crippen LogP contribution in [-0.2, 0) is 23.8 Å². The molecule has 2 atom stereocenters. The number of aliphatic hydroxyl groups is 2. The fourth-order valence-corrected chi connectivity index (χ4v) is 1.95. The molecule has 0 radical (unpaired) electrons. The summed E-state index contributed by atoms with van der Waals surface area (Å²) in [5.41, 5.74) is 0. The second-order valence-corrected chi connectivity index (χ2v) is 5.63. The van der Waals surface area contributed by atoms with Crippen molar-refractivity contribution in [2.75, 3.05) is 19.5 Å². The molecule has 2 N–H and O–H groups in total. The quantitative estimate of drug-likeness (QED) is 0.415. The summed E-state index contributed by atoms with van der Waals surface area (Å²) in [6.07, 6.45) is -1.31. The molecule has 0 saturated carbocycles. The Hall–Kier alpha value is -0.250. The molecule has 0 aromatic heterocycles. The van der Waals surface area contributed by atoms with Crippen LogP contribution in [0.2, 0.25) is 0 Å². The molecule has 0 aromatic rings. The van der Waals surface area contributed by atoms with Crippen LogP contribution in [0, 0.1) is 0 Å². The van der Waals surface area contributed by atoms with E-state index < -0.39 is 22.5 Å². The van der Waals surface area contributed by atoms with Gasteiger partial charge in [-0.15, -0.1) is 0 Å². The molecule has 0 aliphatic carbocycles. The van der Waals surface area contributed by atoms with E-state index in [1.807, 2.05) is 13.8 Å². The molecule has 0 fully saturated rings. The number of hydrogen-bond donors (Lipinski definition) is 2. The van der Waals surface area contributed by atoms with Gasteiger partial charge in [0.2, 0.25) is 0 Å². The number of ether oxygens (including phenoxy) is 2. The van der Waals surface area contributed by atoms with Gasteiger partial charge in [-0.1, -0.05) is 0 Å². The van der Waals surface area contributed by atoms with E-state index in [2.05, 4.69) is 4.18 Å². The van der Waals surface area contributed by atoms with Crippen molar-refractivity contribution < 1.29 is 32.3 Å². The maximum absolute atomic E-state index is 10.8.